The highest BCUT2D eigenvalue weighted by Crippen LogP contribution is 2.30. The Morgan fingerprint density at radius 1 is 1.31 bits per heavy atom. The van der Waals surface area contributed by atoms with Gasteiger partial charge in [0.25, 0.3) is 0 Å². The Hall–Kier alpha value is -0.290. The molecule has 1 aromatic carbocycles. The molecule has 0 aliphatic carbocycles. The molecular formula is C11H10Br2F2O. The van der Waals surface area contributed by atoms with E-state index in [4.69, 9.17) is 0 Å². The van der Waals surface area contributed by atoms with Gasteiger partial charge < -0.3 is 0 Å². The molecule has 0 aliphatic heterocycles. The molecule has 0 amide bonds. The molecule has 88 valence electrons. The van der Waals surface area contributed by atoms with Crippen LogP contribution in [0.3, 0.4) is 0 Å². The van der Waals surface area contributed by atoms with Crippen LogP contribution in [0.1, 0.15) is 25.3 Å². The minimum atomic E-state index is -0.536. The molecule has 1 rings (SSSR count). The van der Waals surface area contributed by atoms with E-state index in [0.717, 1.165) is 12.1 Å². The molecule has 0 aliphatic rings. The first-order valence-corrected chi connectivity index (χ1v) is 6.34. The molecule has 2 unspecified atom stereocenters. The van der Waals surface area contributed by atoms with Gasteiger partial charge in [-0.2, -0.15) is 0 Å². The highest BCUT2D eigenvalue weighted by atomic mass is 79.9. The lowest BCUT2D eigenvalue weighted by atomic mass is 9.95. The van der Waals surface area contributed by atoms with Gasteiger partial charge in [0.1, 0.15) is 17.4 Å². The summed E-state index contributed by atoms with van der Waals surface area (Å²) in [7, 11) is 0. The molecule has 0 fully saturated rings. The fraction of sp³-hybridized carbons (Fsp3) is 0.364. The van der Waals surface area contributed by atoms with Crippen molar-refractivity contribution in [2.75, 3.05) is 0 Å². The van der Waals surface area contributed by atoms with Crippen LogP contribution >= 0.6 is 31.9 Å². The van der Waals surface area contributed by atoms with E-state index in [2.05, 4.69) is 31.9 Å². The van der Waals surface area contributed by atoms with Crippen LogP contribution in [0, 0.1) is 11.6 Å². The van der Waals surface area contributed by atoms with Gasteiger partial charge in [-0.25, -0.2) is 8.78 Å². The van der Waals surface area contributed by atoms with Crippen molar-refractivity contribution < 1.29 is 13.6 Å². The second kappa shape index (κ2) is 5.36. The van der Waals surface area contributed by atoms with Crippen LogP contribution in [0.4, 0.5) is 8.78 Å². The number of rotatable bonds is 3. The van der Waals surface area contributed by atoms with Crippen molar-refractivity contribution in [2.45, 2.75) is 24.6 Å². The SMILES string of the molecule is CC(=O)C(Br)C(C)c1cc(F)c(Br)cc1F. The average Bonchev–Trinajstić information content (AvgIpc) is 2.21. The standard InChI is InChI=1S/C11H10Br2F2O/c1-5(11(13)6(2)16)7-3-10(15)8(12)4-9(7)14/h3-5,11H,1-2H3. The zero-order valence-electron chi connectivity index (χ0n) is 8.73. The van der Waals surface area contributed by atoms with Gasteiger partial charge in [-0.15, -0.1) is 0 Å². The fourth-order valence-electron chi connectivity index (χ4n) is 1.40. The van der Waals surface area contributed by atoms with Crippen molar-refractivity contribution in [3.8, 4) is 0 Å². The number of Topliss-reactive ketones (excluding diaryl/α,β-unsaturated/α-hetero) is 1. The largest absolute Gasteiger partial charge is 0.299 e. The third kappa shape index (κ3) is 2.88. The first-order valence-electron chi connectivity index (χ1n) is 4.63. The molecule has 5 heteroatoms. The molecule has 1 nitrogen and oxygen atoms in total. The Labute approximate surface area is 109 Å². The van der Waals surface area contributed by atoms with Crippen LogP contribution in [0.15, 0.2) is 16.6 Å². The van der Waals surface area contributed by atoms with Gasteiger partial charge in [-0.05, 0) is 40.5 Å². The summed E-state index contributed by atoms with van der Waals surface area (Å²) in [6.07, 6.45) is 0. The lowest BCUT2D eigenvalue weighted by Crippen LogP contribution is -2.18. The molecule has 0 heterocycles. The summed E-state index contributed by atoms with van der Waals surface area (Å²) in [6.45, 7) is 3.08. The van der Waals surface area contributed by atoms with E-state index in [9.17, 15) is 13.6 Å². The van der Waals surface area contributed by atoms with E-state index in [1.165, 1.54) is 6.92 Å². The number of ketones is 1. The van der Waals surface area contributed by atoms with Gasteiger partial charge in [0, 0.05) is 5.92 Å². The van der Waals surface area contributed by atoms with Crippen molar-refractivity contribution in [3.05, 3.63) is 33.8 Å². The van der Waals surface area contributed by atoms with Gasteiger partial charge in [-0.1, -0.05) is 22.9 Å². The summed E-state index contributed by atoms with van der Waals surface area (Å²) in [5.74, 6) is -1.59. The third-order valence-electron chi connectivity index (χ3n) is 2.36. The normalized spacial score (nSPS) is 14.6. The summed E-state index contributed by atoms with van der Waals surface area (Å²) in [6, 6.07) is 2.18. The average molecular weight is 356 g/mol. The van der Waals surface area contributed by atoms with E-state index < -0.39 is 22.4 Å². The summed E-state index contributed by atoms with van der Waals surface area (Å²) in [5.41, 5.74) is 0.192. The Morgan fingerprint density at radius 3 is 2.38 bits per heavy atom. The first-order chi connectivity index (χ1) is 7.34. The predicted octanol–water partition coefficient (Wildman–Crippen LogP) is 4.18. The van der Waals surface area contributed by atoms with Gasteiger partial charge >= 0.3 is 0 Å². The van der Waals surface area contributed by atoms with Crippen LogP contribution in [0.25, 0.3) is 0 Å². The molecule has 0 saturated heterocycles. The Kier molecular flexibility index (Phi) is 4.62. The number of halogens is 4. The van der Waals surface area contributed by atoms with Crippen molar-refractivity contribution in [2.24, 2.45) is 0 Å². The van der Waals surface area contributed by atoms with Crippen LogP contribution in [-0.4, -0.2) is 10.6 Å². The summed E-state index contributed by atoms with van der Waals surface area (Å²) < 4.78 is 26.9. The van der Waals surface area contributed by atoms with Crippen LogP contribution in [-0.2, 0) is 4.79 Å². The summed E-state index contributed by atoms with van der Waals surface area (Å²) in [4.78, 5) is 10.6. The molecule has 0 spiro atoms. The first kappa shape index (κ1) is 13.8. The van der Waals surface area contributed by atoms with Crippen molar-refractivity contribution >= 4 is 37.6 Å². The number of hydrogen-bond donors (Lipinski definition) is 0. The van der Waals surface area contributed by atoms with Crippen LogP contribution < -0.4 is 0 Å². The third-order valence-corrected chi connectivity index (χ3v) is 4.40. The maximum Gasteiger partial charge on any atom is 0.144 e. The maximum absolute atomic E-state index is 13.6. The van der Waals surface area contributed by atoms with Crippen molar-refractivity contribution in [1.29, 1.82) is 0 Å². The minimum Gasteiger partial charge on any atom is -0.299 e. The summed E-state index contributed by atoms with van der Waals surface area (Å²) >= 11 is 6.07. The predicted molar refractivity (Wildman–Crippen MR) is 65.9 cm³/mol. The monoisotopic (exact) mass is 354 g/mol. The van der Waals surface area contributed by atoms with Gasteiger partial charge in [0.2, 0.25) is 0 Å². The lowest BCUT2D eigenvalue weighted by Gasteiger charge is -2.17. The number of hydrogen-bond acceptors (Lipinski definition) is 1. The van der Waals surface area contributed by atoms with Gasteiger partial charge in [-0.3, -0.25) is 4.79 Å². The second-order valence-corrected chi connectivity index (χ2v) is 5.43. The van der Waals surface area contributed by atoms with Crippen molar-refractivity contribution in [1.82, 2.24) is 0 Å². The molecule has 0 aromatic heterocycles. The van der Waals surface area contributed by atoms with Crippen molar-refractivity contribution in [3.63, 3.8) is 0 Å². The highest BCUT2D eigenvalue weighted by Gasteiger charge is 2.23. The Balaban J connectivity index is 3.13. The molecule has 0 N–H and O–H groups in total. The van der Waals surface area contributed by atoms with Gasteiger partial charge in [0.05, 0.1) is 9.30 Å². The molecule has 16 heavy (non-hydrogen) atoms. The molecule has 1 aromatic rings. The number of benzene rings is 1. The van der Waals surface area contributed by atoms with Crippen LogP contribution in [0.2, 0.25) is 0 Å². The minimum absolute atomic E-state index is 0.0786. The zero-order valence-corrected chi connectivity index (χ0v) is 11.9. The molecule has 0 saturated carbocycles. The van der Waals surface area contributed by atoms with E-state index in [1.807, 2.05) is 0 Å². The molecule has 2 atom stereocenters. The second-order valence-electron chi connectivity index (χ2n) is 3.59. The van der Waals surface area contributed by atoms with E-state index in [1.54, 1.807) is 6.92 Å². The molecular weight excluding hydrogens is 346 g/mol. The topological polar surface area (TPSA) is 17.1 Å². The summed E-state index contributed by atoms with van der Waals surface area (Å²) in [5, 5.41) is 0. The van der Waals surface area contributed by atoms with Gasteiger partial charge in [0.15, 0.2) is 0 Å². The molecule has 0 radical (unpaired) electrons. The number of carbonyl (C=O) groups excluding carboxylic acids is 1. The van der Waals surface area contributed by atoms with E-state index in [-0.39, 0.29) is 15.8 Å². The Morgan fingerprint density at radius 2 is 1.88 bits per heavy atom. The maximum atomic E-state index is 13.6. The van der Waals surface area contributed by atoms with E-state index in [0.29, 0.717) is 0 Å². The van der Waals surface area contributed by atoms with Crippen LogP contribution in [0.5, 0.6) is 0 Å². The molecule has 0 bridgehead atoms. The zero-order chi connectivity index (χ0) is 12.5. The lowest BCUT2D eigenvalue weighted by molar-refractivity contribution is -0.116. The number of alkyl halides is 1. The smallest absolute Gasteiger partial charge is 0.144 e. The Bertz CT molecular complexity index is 421. The highest BCUT2D eigenvalue weighted by molar-refractivity contribution is 9.10. The quantitative estimate of drug-likeness (QED) is 0.587. The number of carbonyl (C=O) groups is 1. The van der Waals surface area contributed by atoms with E-state index >= 15 is 0 Å². The fourth-order valence-corrected chi connectivity index (χ4v) is 2.00.